The molecule has 0 spiro atoms. The molecule has 42 valence electrons. The highest BCUT2D eigenvalue weighted by Gasteiger charge is 2.27. The predicted molar refractivity (Wildman–Crippen MR) is 37.6 cm³/mol. The van der Waals surface area contributed by atoms with Crippen molar-refractivity contribution in [2.45, 2.75) is 31.9 Å². The van der Waals surface area contributed by atoms with Crippen LogP contribution in [0.5, 0.6) is 0 Å². The zero-order chi connectivity index (χ0) is 11.1. The second-order valence-corrected chi connectivity index (χ2v) is 3.83. The lowest BCUT2D eigenvalue weighted by Gasteiger charge is -2.08. The first-order chi connectivity index (χ1) is 5.37. The normalized spacial score (nSPS) is 27.9. The molecule has 1 heteroatoms. The van der Waals surface area contributed by atoms with Gasteiger partial charge >= 0.3 is 0 Å². The van der Waals surface area contributed by atoms with Gasteiger partial charge in [0.05, 0.1) is 21.9 Å². The van der Waals surface area contributed by atoms with Crippen LogP contribution in [0.25, 0.3) is 0 Å². The van der Waals surface area contributed by atoms with E-state index in [1.54, 1.807) is 0 Å². The number of alkyl halides is 1. The van der Waals surface area contributed by atoms with Crippen molar-refractivity contribution in [1.29, 1.82) is 0 Å². The van der Waals surface area contributed by atoms with Crippen molar-refractivity contribution < 1.29 is 8.22 Å². The van der Waals surface area contributed by atoms with Crippen LogP contribution >= 0.6 is 15.9 Å². The standard InChI is InChI=1S/C6H12Br/c1-5(2)6(3,4)7/h1-4H3/q+1/i1D3,2D3. The smallest absolute Gasteiger partial charge is 0.0316 e. The van der Waals surface area contributed by atoms with Crippen molar-refractivity contribution in [3.63, 3.8) is 0 Å². The lowest BCUT2D eigenvalue weighted by atomic mass is 10.0. The second kappa shape index (κ2) is 2.08. The van der Waals surface area contributed by atoms with Crippen LogP contribution in [-0.4, -0.2) is 4.32 Å². The van der Waals surface area contributed by atoms with Gasteiger partial charge in [0.25, 0.3) is 0 Å². The van der Waals surface area contributed by atoms with Gasteiger partial charge in [-0.3, -0.25) is 0 Å². The van der Waals surface area contributed by atoms with Crippen LogP contribution in [0, 0.1) is 5.92 Å². The van der Waals surface area contributed by atoms with Gasteiger partial charge in [0, 0.05) is 0 Å². The summed E-state index contributed by atoms with van der Waals surface area (Å²) in [5, 5.41) is 0. The zero-order valence-corrected chi connectivity index (χ0v) is 5.96. The Morgan fingerprint density at radius 3 is 2.00 bits per heavy atom. The Balaban J connectivity index is 5.02. The van der Waals surface area contributed by atoms with Crippen LogP contribution < -0.4 is 0 Å². The number of halogens is 1. The van der Waals surface area contributed by atoms with Crippen molar-refractivity contribution >= 4 is 15.9 Å². The fraction of sp³-hybridized carbons (Fsp3) is 0.833. The van der Waals surface area contributed by atoms with Crippen LogP contribution in [0.15, 0.2) is 0 Å². The Kier molecular flexibility index (Phi) is 0.577. The van der Waals surface area contributed by atoms with E-state index in [1.807, 2.05) is 0 Å². The molecule has 0 fully saturated rings. The van der Waals surface area contributed by atoms with E-state index in [9.17, 15) is 0 Å². The summed E-state index contributed by atoms with van der Waals surface area (Å²) in [6.45, 7) is -2.08. The molecule has 0 nitrogen and oxygen atoms in total. The largest absolute Gasteiger partial charge is 0.157 e. The van der Waals surface area contributed by atoms with Crippen LogP contribution in [-0.2, 0) is 0 Å². The molecule has 0 aromatic carbocycles. The van der Waals surface area contributed by atoms with Gasteiger partial charge in [-0.15, -0.1) is 0 Å². The first kappa shape index (κ1) is 1.94. The SMILES string of the molecule is [2H]C([2H])([2H])[C+](C([2H])([2H])[2H])C(C)(C)Br. The van der Waals surface area contributed by atoms with Crippen molar-refractivity contribution in [1.82, 2.24) is 0 Å². The van der Waals surface area contributed by atoms with E-state index in [-0.39, 0.29) is 0 Å². The van der Waals surface area contributed by atoms with Crippen molar-refractivity contribution in [3.05, 3.63) is 5.92 Å². The van der Waals surface area contributed by atoms with E-state index in [2.05, 4.69) is 15.9 Å². The maximum atomic E-state index is 7.11. The molecule has 7 heavy (non-hydrogen) atoms. The highest BCUT2D eigenvalue weighted by molar-refractivity contribution is 9.10. The van der Waals surface area contributed by atoms with Crippen LogP contribution in [0.1, 0.15) is 35.8 Å². The molecule has 0 aliphatic heterocycles. The molecule has 0 N–H and O–H groups in total. The highest BCUT2D eigenvalue weighted by atomic mass is 79.9. The van der Waals surface area contributed by atoms with Gasteiger partial charge in [0.1, 0.15) is 5.92 Å². The quantitative estimate of drug-likeness (QED) is 0.419. The molecule has 0 bridgehead atoms. The van der Waals surface area contributed by atoms with Crippen molar-refractivity contribution in [2.24, 2.45) is 0 Å². The number of hydrogen-bond acceptors (Lipinski definition) is 0. The first-order valence-corrected chi connectivity index (χ1v) is 2.73. The summed E-state index contributed by atoms with van der Waals surface area (Å²) < 4.78 is 41.6. The number of rotatable bonds is 1. The molecule has 0 aromatic heterocycles. The molecule has 0 amide bonds. The Morgan fingerprint density at radius 2 is 2.00 bits per heavy atom. The maximum absolute atomic E-state index is 7.11. The van der Waals surface area contributed by atoms with Crippen LogP contribution in [0.4, 0.5) is 0 Å². The van der Waals surface area contributed by atoms with Gasteiger partial charge in [-0.1, -0.05) is 0 Å². The average molecular weight is 170 g/mol. The van der Waals surface area contributed by atoms with E-state index in [0.29, 0.717) is 0 Å². The van der Waals surface area contributed by atoms with Gasteiger partial charge in [0.15, 0.2) is 4.32 Å². The third-order valence-corrected chi connectivity index (χ3v) is 0.991. The summed E-state index contributed by atoms with van der Waals surface area (Å²) in [5.41, 5.74) is 0. The molecule has 0 aromatic rings. The molecule has 0 saturated heterocycles. The van der Waals surface area contributed by atoms with Crippen molar-refractivity contribution in [3.8, 4) is 0 Å². The third kappa shape index (κ3) is 2.98. The Labute approximate surface area is 62.9 Å². The summed E-state index contributed by atoms with van der Waals surface area (Å²) in [6.07, 6.45) is 0. The maximum Gasteiger partial charge on any atom is 0.157 e. The topological polar surface area (TPSA) is 0 Å². The Hall–Kier alpha value is 0.350. The summed E-state index contributed by atoms with van der Waals surface area (Å²) in [7, 11) is 0. The third-order valence-electron chi connectivity index (χ3n) is 0.594. The van der Waals surface area contributed by atoms with Crippen LogP contribution in [0.2, 0.25) is 0 Å². The molecule has 0 radical (unpaired) electrons. The van der Waals surface area contributed by atoms with E-state index < -0.39 is 23.9 Å². The van der Waals surface area contributed by atoms with Crippen LogP contribution in [0.3, 0.4) is 0 Å². The minimum atomic E-state index is -2.56. The lowest BCUT2D eigenvalue weighted by Crippen LogP contribution is -2.15. The zero-order valence-electron chi connectivity index (χ0n) is 10.4. The van der Waals surface area contributed by atoms with E-state index in [1.165, 1.54) is 13.8 Å². The van der Waals surface area contributed by atoms with Gasteiger partial charge in [-0.05, 0) is 29.8 Å². The van der Waals surface area contributed by atoms with E-state index in [4.69, 9.17) is 8.22 Å². The second-order valence-electron chi connectivity index (χ2n) is 1.85. The molecule has 0 aliphatic rings. The lowest BCUT2D eigenvalue weighted by molar-refractivity contribution is 0.743. The molecule has 0 heterocycles. The van der Waals surface area contributed by atoms with Gasteiger partial charge in [0.2, 0.25) is 0 Å². The molecular formula is C6H12Br+. The van der Waals surface area contributed by atoms with E-state index in [0.717, 1.165) is 0 Å². The molecule has 0 atom stereocenters. The average Bonchev–Trinajstić information content (AvgIpc) is 1.44. The minimum Gasteiger partial charge on any atom is -0.0316 e. The van der Waals surface area contributed by atoms with Crippen molar-refractivity contribution in [2.75, 3.05) is 0 Å². The molecular weight excluding hydrogens is 152 g/mol. The molecule has 0 unspecified atom stereocenters. The fourth-order valence-electron chi connectivity index (χ4n) is 0. The summed E-state index contributed by atoms with van der Waals surface area (Å²) >= 11 is 3.06. The van der Waals surface area contributed by atoms with Gasteiger partial charge < -0.3 is 0 Å². The summed E-state index contributed by atoms with van der Waals surface area (Å²) in [5.74, 6) is -0.437. The fourth-order valence-corrected chi connectivity index (χ4v) is 0. The van der Waals surface area contributed by atoms with Gasteiger partial charge in [-0.2, -0.15) is 0 Å². The molecule has 0 rings (SSSR count). The molecule has 0 aliphatic carbocycles. The Morgan fingerprint density at radius 1 is 1.57 bits per heavy atom. The Bertz CT molecular complexity index is 140. The molecule has 0 saturated carbocycles. The summed E-state index contributed by atoms with van der Waals surface area (Å²) in [6, 6.07) is 0. The highest BCUT2D eigenvalue weighted by Crippen LogP contribution is 2.26. The first-order valence-electron chi connectivity index (χ1n) is 4.94. The monoisotopic (exact) mass is 169 g/mol. The summed E-state index contributed by atoms with van der Waals surface area (Å²) in [4.78, 5) is 0. The van der Waals surface area contributed by atoms with Gasteiger partial charge in [-0.25, -0.2) is 0 Å². The van der Waals surface area contributed by atoms with E-state index >= 15 is 0 Å². The number of hydrogen-bond donors (Lipinski definition) is 0. The predicted octanol–water partition coefficient (Wildman–Crippen LogP) is 2.77. The minimum absolute atomic E-state index is 0.437.